The number of aryl methyl sites for hydroxylation is 1. The molecule has 2 aromatic carbocycles. The minimum atomic E-state index is 0.0731. The Bertz CT molecular complexity index is 1140. The lowest BCUT2D eigenvalue weighted by Gasteiger charge is -2.11. The molecule has 0 saturated carbocycles. The second-order valence-corrected chi connectivity index (χ2v) is 8.09. The molecule has 0 aliphatic rings. The molecule has 0 aliphatic carbocycles. The van der Waals surface area contributed by atoms with Gasteiger partial charge in [-0.15, -0.1) is 5.10 Å². The highest BCUT2D eigenvalue weighted by Crippen LogP contribution is 2.27. The molecule has 1 amide bonds. The molecule has 4 rings (SSSR count). The highest BCUT2D eigenvalue weighted by molar-refractivity contribution is 5.95. The zero-order chi connectivity index (χ0) is 22.7. The molecule has 1 N–H and O–H groups in total. The van der Waals surface area contributed by atoms with Gasteiger partial charge in [0.05, 0.1) is 6.20 Å². The van der Waals surface area contributed by atoms with Crippen LogP contribution < -0.4 is 5.32 Å². The Morgan fingerprint density at radius 1 is 0.818 bits per heavy atom. The van der Waals surface area contributed by atoms with Crippen molar-refractivity contribution in [1.82, 2.24) is 20.0 Å². The Labute approximate surface area is 194 Å². The third-order valence-corrected chi connectivity index (χ3v) is 5.57. The maximum Gasteiger partial charge on any atom is 0.224 e. The second kappa shape index (κ2) is 11.7. The normalized spacial score (nSPS) is 10.8. The van der Waals surface area contributed by atoms with Gasteiger partial charge in [-0.1, -0.05) is 73.0 Å². The molecule has 168 valence electrons. The summed E-state index contributed by atoms with van der Waals surface area (Å²) in [7, 11) is 0. The number of rotatable bonds is 11. The number of amides is 1. The van der Waals surface area contributed by atoms with Crippen LogP contribution in [0.15, 0.2) is 85.3 Å². The number of pyridine rings is 1. The van der Waals surface area contributed by atoms with Gasteiger partial charge in [-0.25, -0.2) is 0 Å². The zero-order valence-electron chi connectivity index (χ0n) is 18.7. The van der Waals surface area contributed by atoms with Crippen molar-refractivity contribution in [3.8, 4) is 22.4 Å². The van der Waals surface area contributed by atoms with E-state index in [9.17, 15) is 4.79 Å². The molecule has 2 heterocycles. The quantitative estimate of drug-likeness (QED) is 0.292. The van der Waals surface area contributed by atoms with E-state index in [1.54, 1.807) is 12.4 Å². The predicted octanol–water partition coefficient (Wildman–Crippen LogP) is 5.99. The number of hydrogen-bond donors (Lipinski definition) is 1. The summed E-state index contributed by atoms with van der Waals surface area (Å²) in [4.78, 5) is 16.6. The molecule has 4 aromatic rings. The van der Waals surface area contributed by atoms with Crippen LogP contribution in [-0.4, -0.2) is 25.9 Å². The molecule has 0 fully saturated rings. The van der Waals surface area contributed by atoms with Crippen LogP contribution in [0.4, 0.5) is 5.69 Å². The fourth-order valence-corrected chi connectivity index (χ4v) is 3.82. The van der Waals surface area contributed by atoms with Crippen molar-refractivity contribution in [2.75, 3.05) is 5.32 Å². The predicted molar refractivity (Wildman–Crippen MR) is 131 cm³/mol. The summed E-state index contributed by atoms with van der Waals surface area (Å²) in [6, 6.07) is 22.0. The molecule has 33 heavy (non-hydrogen) atoms. The van der Waals surface area contributed by atoms with Crippen LogP contribution in [-0.2, 0) is 11.3 Å². The molecule has 0 saturated heterocycles. The lowest BCUT2D eigenvalue weighted by Crippen LogP contribution is -2.11. The van der Waals surface area contributed by atoms with Crippen molar-refractivity contribution in [2.24, 2.45) is 0 Å². The molecule has 0 radical (unpaired) electrons. The van der Waals surface area contributed by atoms with Crippen LogP contribution in [0.25, 0.3) is 22.4 Å². The number of para-hydroxylation sites is 1. The highest BCUT2D eigenvalue weighted by Gasteiger charge is 2.08. The number of carbonyl (C=O) groups excluding carboxylic acids is 1. The van der Waals surface area contributed by atoms with Gasteiger partial charge in [0.25, 0.3) is 0 Å². The fourth-order valence-electron chi connectivity index (χ4n) is 3.82. The van der Waals surface area contributed by atoms with E-state index < -0.39 is 0 Å². The molecule has 0 spiro atoms. The first-order valence-corrected chi connectivity index (χ1v) is 11.5. The maximum atomic E-state index is 12.5. The van der Waals surface area contributed by atoms with Crippen LogP contribution >= 0.6 is 0 Å². The molecule has 0 atom stereocenters. The third kappa shape index (κ3) is 6.59. The standard InChI is InChI=1S/C27H29N5O/c33-27(29-25-16-9-8-15-24(25)22-12-5-4-6-13-22)17-7-2-1-3-10-19-32-21-26(30-31-32)23-14-11-18-28-20-23/h4-6,8-9,11-16,18,20-21H,1-3,7,10,17,19H2,(H,29,33). The summed E-state index contributed by atoms with van der Waals surface area (Å²) in [5.74, 6) is 0.0731. The molecular formula is C27H29N5O. The van der Waals surface area contributed by atoms with Crippen molar-refractivity contribution < 1.29 is 4.79 Å². The van der Waals surface area contributed by atoms with Gasteiger partial charge in [0.2, 0.25) is 5.91 Å². The molecule has 2 aromatic heterocycles. The number of nitrogens with one attached hydrogen (secondary N) is 1. The van der Waals surface area contributed by atoms with E-state index >= 15 is 0 Å². The second-order valence-electron chi connectivity index (χ2n) is 8.09. The van der Waals surface area contributed by atoms with E-state index in [2.05, 4.69) is 32.7 Å². The number of nitrogens with zero attached hydrogens (tertiary/aromatic N) is 4. The van der Waals surface area contributed by atoms with E-state index in [1.165, 1.54) is 0 Å². The lowest BCUT2D eigenvalue weighted by molar-refractivity contribution is -0.116. The minimum absolute atomic E-state index is 0.0731. The average molecular weight is 440 g/mol. The average Bonchev–Trinajstić information content (AvgIpc) is 3.34. The Morgan fingerprint density at radius 2 is 1.58 bits per heavy atom. The van der Waals surface area contributed by atoms with Gasteiger partial charge in [-0.05, 0) is 36.6 Å². The van der Waals surface area contributed by atoms with E-state index in [0.717, 1.165) is 66.7 Å². The van der Waals surface area contributed by atoms with E-state index in [4.69, 9.17) is 0 Å². The first-order valence-electron chi connectivity index (χ1n) is 11.5. The summed E-state index contributed by atoms with van der Waals surface area (Å²) >= 11 is 0. The zero-order valence-corrected chi connectivity index (χ0v) is 18.7. The van der Waals surface area contributed by atoms with Crippen LogP contribution in [0.5, 0.6) is 0 Å². The Balaban J connectivity index is 1.13. The van der Waals surface area contributed by atoms with Gasteiger partial charge in [-0.3, -0.25) is 14.5 Å². The molecule has 6 nitrogen and oxygen atoms in total. The van der Waals surface area contributed by atoms with E-state index in [0.29, 0.717) is 6.42 Å². The highest BCUT2D eigenvalue weighted by atomic mass is 16.1. The van der Waals surface area contributed by atoms with Crippen molar-refractivity contribution in [3.63, 3.8) is 0 Å². The first-order chi connectivity index (χ1) is 16.3. The number of benzene rings is 2. The van der Waals surface area contributed by atoms with Gasteiger partial charge < -0.3 is 5.32 Å². The van der Waals surface area contributed by atoms with Gasteiger partial charge >= 0.3 is 0 Å². The molecule has 0 unspecified atom stereocenters. The Kier molecular flexibility index (Phi) is 7.95. The summed E-state index contributed by atoms with van der Waals surface area (Å²) < 4.78 is 1.89. The van der Waals surface area contributed by atoms with Crippen molar-refractivity contribution in [3.05, 3.63) is 85.3 Å². The monoisotopic (exact) mass is 439 g/mol. The van der Waals surface area contributed by atoms with Crippen LogP contribution in [0.2, 0.25) is 0 Å². The summed E-state index contributed by atoms with van der Waals surface area (Å²) in [5.41, 5.74) is 4.85. The lowest BCUT2D eigenvalue weighted by atomic mass is 10.0. The fraction of sp³-hybridized carbons (Fsp3) is 0.259. The topological polar surface area (TPSA) is 72.7 Å². The molecule has 6 heteroatoms. The minimum Gasteiger partial charge on any atom is -0.326 e. The van der Waals surface area contributed by atoms with Crippen LogP contribution in [0, 0.1) is 0 Å². The molecular weight excluding hydrogens is 410 g/mol. The number of aromatic nitrogens is 4. The van der Waals surface area contributed by atoms with Crippen molar-refractivity contribution >= 4 is 11.6 Å². The van der Waals surface area contributed by atoms with Gasteiger partial charge in [-0.2, -0.15) is 0 Å². The molecule has 0 bridgehead atoms. The van der Waals surface area contributed by atoms with E-state index in [1.807, 2.05) is 65.5 Å². The maximum absolute atomic E-state index is 12.5. The third-order valence-electron chi connectivity index (χ3n) is 5.57. The Hall–Kier alpha value is -3.80. The first kappa shape index (κ1) is 22.4. The number of anilines is 1. The van der Waals surface area contributed by atoms with Gasteiger partial charge in [0.1, 0.15) is 5.69 Å². The summed E-state index contributed by atoms with van der Waals surface area (Å²) in [6.45, 7) is 0.851. The number of hydrogen-bond acceptors (Lipinski definition) is 4. The smallest absolute Gasteiger partial charge is 0.224 e. The van der Waals surface area contributed by atoms with Gasteiger partial charge in [0, 0.05) is 42.2 Å². The summed E-state index contributed by atoms with van der Waals surface area (Å²) in [6.07, 6.45) is 11.3. The van der Waals surface area contributed by atoms with Crippen molar-refractivity contribution in [2.45, 2.75) is 45.1 Å². The number of unbranched alkanes of at least 4 members (excludes halogenated alkanes) is 4. The van der Waals surface area contributed by atoms with Gasteiger partial charge in [0.15, 0.2) is 0 Å². The van der Waals surface area contributed by atoms with Crippen LogP contribution in [0.1, 0.15) is 38.5 Å². The van der Waals surface area contributed by atoms with Crippen molar-refractivity contribution in [1.29, 1.82) is 0 Å². The number of carbonyl (C=O) groups is 1. The summed E-state index contributed by atoms with van der Waals surface area (Å²) in [5, 5.41) is 11.5. The Morgan fingerprint density at radius 3 is 2.42 bits per heavy atom. The van der Waals surface area contributed by atoms with Crippen LogP contribution in [0.3, 0.4) is 0 Å². The SMILES string of the molecule is O=C(CCCCCCCn1cc(-c2cccnc2)nn1)Nc1ccccc1-c1ccccc1. The van der Waals surface area contributed by atoms with E-state index in [-0.39, 0.29) is 5.91 Å². The molecule has 0 aliphatic heterocycles. The largest absolute Gasteiger partial charge is 0.326 e.